The van der Waals surface area contributed by atoms with E-state index in [1.54, 1.807) is 18.5 Å². The molecule has 0 radical (unpaired) electrons. The third-order valence-corrected chi connectivity index (χ3v) is 4.73. The van der Waals surface area contributed by atoms with Crippen molar-refractivity contribution in [2.24, 2.45) is 0 Å². The number of nitrogens with one attached hydrogen (secondary N) is 2. The molecule has 0 bridgehead atoms. The smallest absolute Gasteiger partial charge is 0.326 e. The normalized spacial score (nSPS) is 13.4. The zero-order valence-electron chi connectivity index (χ0n) is 16.0. The fraction of sp³-hybridized carbons (Fsp3) is 0.200. The van der Waals surface area contributed by atoms with Crippen LogP contribution in [0, 0.1) is 11.6 Å². The molecule has 3 amide bonds. The molecule has 0 atom stereocenters. The molecule has 1 aromatic carbocycles. The summed E-state index contributed by atoms with van der Waals surface area (Å²) in [4.78, 5) is 39.1. The number of nitrogens with zero attached hydrogens (tertiary/aromatic N) is 4. The highest BCUT2D eigenvalue weighted by molar-refractivity contribution is 5.95. The largest absolute Gasteiger partial charge is 0.345 e. The molecule has 0 saturated carbocycles. The Balaban J connectivity index is 1.48. The molecule has 0 spiro atoms. The van der Waals surface area contributed by atoms with Crippen molar-refractivity contribution in [1.29, 1.82) is 0 Å². The first-order valence-electron chi connectivity index (χ1n) is 9.15. The van der Waals surface area contributed by atoms with Crippen LogP contribution in [0.4, 0.5) is 19.4 Å². The maximum absolute atomic E-state index is 13.5. The van der Waals surface area contributed by atoms with Crippen LogP contribution in [0.2, 0.25) is 0 Å². The van der Waals surface area contributed by atoms with E-state index in [0.717, 1.165) is 17.7 Å². The van der Waals surface area contributed by atoms with E-state index < -0.39 is 17.5 Å². The van der Waals surface area contributed by atoms with Crippen molar-refractivity contribution >= 4 is 17.8 Å². The number of imidazole rings is 1. The average Bonchev–Trinajstić information content (AvgIpc) is 3.18. The van der Waals surface area contributed by atoms with Crippen LogP contribution >= 0.6 is 0 Å². The van der Waals surface area contributed by atoms with Gasteiger partial charge in [-0.15, -0.1) is 0 Å². The van der Waals surface area contributed by atoms with E-state index in [1.165, 1.54) is 22.9 Å². The van der Waals surface area contributed by atoms with Gasteiger partial charge in [0.05, 0.1) is 12.2 Å². The number of H-pyrrole nitrogens is 1. The standard InChI is InChI=1S/C20H18F2N6O2/c1-27-18-16(11-28(20(27)30)10-12-4-5-14(21)15(22)7-12)25-17(26-18)19(29)24-9-13-3-2-6-23-8-13/h2-8H,9-11H2,1H3,(H,24,29)(H,25,26). The quantitative estimate of drug-likeness (QED) is 0.674. The molecular formula is C20H18F2N6O2. The van der Waals surface area contributed by atoms with E-state index in [4.69, 9.17) is 0 Å². The number of aromatic nitrogens is 3. The minimum Gasteiger partial charge on any atom is -0.345 e. The van der Waals surface area contributed by atoms with Crippen molar-refractivity contribution in [1.82, 2.24) is 25.2 Å². The lowest BCUT2D eigenvalue weighted by Crippen LogP contribution is -2.44. The first kappa shape index (κ1) is 19.5. The first-order valence-corrected chi connectivity index (χ1v) is 9.15. The zero-order valence-corrected chi connectivity index (χ0v) is 16.0. The molecule has 0 fully saturated rings. The highest BCUT2D eigenvalue weighted by Crippen LogP contribution is 2.26. The van der Waals surface area contributed by atoms with E-state index in [9.17, 15) is 18.4 Å². The van der Waals surface area contributed by atoms with Gasteiger partial charge in [-0.05, 0) is 29.3 Å². The molecule has 30 heavy (non-hydrogen) atoms. The van der Waals surface area contributed by atoms with Crippen LogP contribution in [0.25, 0.3) is 0 Å². The molecule has 3 heterocycles. The van der Waals surface area contributed by atoms with Crippen LogP contribution in [-0.4, -0.2) is 38.8 Å². The van der Waals surface area contributed by atoms with E-state index in [1.807, 2.05) is 6.07 Å². The molecule has 0 unspecified atom stereocenters. The lowest BCUT2D eigenvalue weighted by Gasteiger charge is -2.32. The molecule has 2 N–H and O–H groups in total. The zero-order chi connectivity index (χ0) is 21.3. The summed E-state index contributed by atoms with van der Waals surface area (Å²) < 4.78 is 26.6. The molecule has 1 aliphatic heterocycles. The number of halogens is 2. The number of benzene rings is 1. The fourth-order valence-corrected chi connectivity index (χ4v) is 3.21. The van der Waals surface area contributed by atoms with E-state index in [0.29, 0.717) is 17.1 Å². The van der Waals surface area contributed by atoms with Gasteiger partial charge in [0.2, 0.25) is 0 Å². The predicted octanol–water partition coefficient (Wildman–Crippen LogP) is 2.58. The third-order valence-electron chi connectivity index (χ3n) is 4.73. The molecule has 2 aromatic heterocycles. The molecule has 154 valence electrons. The second-order valence-corrected chi connectivity index (χ2v) is 6.88. The topological polar surface area (TPSA) is 94.2 Å². The summed E-state index contributed by atoms with van der Waals surface area (Å²) >= 11 is 0. The lowest BCUT2D eigenvalue weighted by atomic mass is 10.2. The summed E-state index contributed by atoms with van der Waals surface area (Å²) in [6.45, 7) is 0.525. The van der Waals surface area contributed by atoms with E-state index in [2.05, 4.69) is 20.3 Å². The van der Waals surface area contributed by atoms with Crippen LogP contribution in [-0.2, 0) is 19.6 Å². The number of amides is 3. The van der Waals surface area contributed by atoms with Gasteiger partial charge in [-0.3, -0.25) is 14.7 Å². The Kier molecular flexibility index (Phi) is 5.13. The SMILES string of the molecule is CN1C(=O)N(Cc2ccc(F)c(F)c2)Cc2[nH]c(C(=O)NCc3cccnc3)nc21. The summed E-state index contributed by atoms with van der Waals surface area (Å²) in [6, 6.07) is 6.75. The number of pyridine rings is 1. The number of fused-ring (bicyclic) bond motifs is 1. The highest BCUT2D eigenvalue weighted by atomic mass is 19.2. The van der Waals surface area contributed by atoms with Gasteiger partial charge >= 0.3 is 6.03 Å². The lowest BCUT2D eigenvalue weighted by molar-refractivity contribution is 0.0941. The monoisotopic (exact) mass is 412 g/mol. The molecular weight excluding hydrogens is 394 g/mol. The summed E-state index contributed by atoms with van der Waals surface area (Å²) in [5.41, 5.74) is 1.87. The van der Waals surface area contributed by atoms with Crippen molar-refractivity contribution in [3.05, 3.63) is 77.0 Å². The Morgan fingerprint density at radius 1 is 1.23 bits per heavy atom. The first-order chi connectivity index (χ1) is 14.4. The van der Waals surface area contributed by atoms with Crippen molar-refractivity contribution in [3.8, 4) is 0 Å². The Bertz CT molecular complexity index is 1100. The number of carbonyl (C=O) groups is 2. The number of anilines is 1. The summed E-state index contributed by atoms with van der Waals surface area (Å²) in [5.74, 6) is -1.90. The highest BCUT2D eigenvalue weighted by Gasteiger charge is 2.32. The van der Waals surface area contributed by atoms with Gasteiger partial charge in [-0.25, -0.2) is 18.6 Å². The van der Waals surface area contributed by atoms with E-state index >= 15 is 0 Å². The van der Waals surface area contributed by atoms with Gasteiger partial charge < -0.3 is 15.2 Å². The second-order valence-electron chi connectivity index (χ2n) is 6.88. The molecule has 0 aliphatic carbocycles. The van der Waals surface area contributed by atoms with Crippen LogP contribution in [0.3, 0.4) is 0 Å². The number of rotatable bonds is 5. The molecule has 10 heteroatoms. The predicted molar refractivity (Wildman–Crippen MR) is 103 cm³/mol. The van der Waals surface area contributed by atoms with Crippen molar-refractivity contribution in [2.75, 3.05) is 11.9 Å². The fourth-order valence-electron chi connectivity index (χ4n) is 3.21. The van der Waals surface area contributed by atoms with E-state index in [-0.39, 0.29) is 31.5 Å². The summed E-state index contributed by atoms with van der Waals surface area (Å²) in [7, 11) is 1.54. The minimum absolute atomic E-state index is 0.0817. The van der Waals surface area contributed by atoms with Gasteiger partial charge in [0.1, 0.15) is 0 Å². The Labute approximate surface area is 170 Å². The number of carbonyl (C=O) groups excluding carboxylic acids is 2. The third kappa shape index (κ3) is 3.84. The van der Waals surface area contributed by atoms with Crippen molar-refractivity contribution in [2.45, 2.75) is 19.6 Å². The Morgan fingerprint density at radius 3 is 2.80 bits per heavy atom. The minimum atomic E-state index is -0.972. The van der Waals surface area contributed by atoms with Crippen LogP contribution < -0.4 is 10.2 Å². The molecule has 8 nitrogen and oxygen atoms in total. The average molecular weight is 412 g/mol. The number of hydrogen-bond donors (Lipinski definition) is 2. The molecule has 0 saturated heterocycles. The molecule has 4 rings (SSSR count). The maximum Gasteiger partial charge on any atom is 0.326 e. The van der Waals surface area contributed by atoms with Gasteiger partial charge in [0.15, 0.2) is 23.3 Å². The number of aromatic amines is 1. The number of hydrogen-bond acceptors (Lipinski definition) is 4. The summed E-state index contributed by atoms with van der Waals surface area (Å²) in [6.07, 6.45) is 3.29. The van der Waals surface area contributed by atoms with Crippen LogP contribution in [0.5, 0.6) is 0 Å². The molecule has 3 aromatic rings. The number of urea groups is 1. The van der Waals surface area contributed by atoms with Gasteiger partial charge in [-0.1, -0.05) is 12.1 Å². The van der Waals surface area contributed by atoms with Gasteiger partial charge in [-0.2, -0.15) is 0 Å². The Morgan fingerprint density at radius 2 is 2.07 bits per heavy atom. The second kappa shape index (κ2) is 7.90. The van der Waals surface area contributed by atoms with Gasteiger partial charge in [0, 0.05) is 32.5 Å². The van der Waals surface area contributed by atoms with Crippen molar-refractivity contribution in [3.63, 3.8) is 0 Å². The molecule has 1 aliphatic rings. The summed E-state index contributed by atoms with van der Waals surface area (Å²) in [5, 5.41) is 2.75. The maximum atomic E-state index is 13.5. The van der Waals surface area contributed by atoms with Crippen LogP contribution in [0.15, 0.2) is 42.7 Å². The Hall–Kier alpha value is -3.82. The van der Waals surface area contributed by atoms with Crippen LogP contribution in [0.1, 0.15) is 27.4 Å². The van der Waals surface area contributed by atoms with Gasteiger partial charge in [0.25, 0.3) is 5.91 Å². The van der Waals surface area contributed by atoms with Crippen molar-refractivity contribution < 1.29 is 18.4 Å².